The van der Waals surface area contributed by atoms with Crippen LogP contribution in [0.3, 0.4) is 0 Å². The molecule has 1 aliphatic rings. The molecule has 2 heterocycles. The van der Waals surface area contributed by atoms with Gasteiger partial charge in [-0.05, 0) is 12.1 Å². The molecule has 16 heavy (non-hydrogen) atoms. The molecule has 0 saturated carbocycles. The lowest BCUT2D eigenvalue weighted by molar-refractivity contribution is -0.117. The lowest BCUT2D eigenvalue weighted by Crippen LogP contribution is -2.13. The Hall–Kier alpha value is -1.75. The van der Waals surface area contributed by atoms with E-state index in [4.69, 9.17) is 0 Å². The molecule has 0 aliphatic carbocycles. The average molecular weight is 231 g/mol. The van der Waals surface area contributed by atoms with Crippen LogP contribution in [0.2, 0.25) is 0 Å². The van der Waals surface area contributed by atoms with Gasteiger partial charge in [-0.25, -0.2) is 4.98 Å². The van der Waals surface area contributed by atoms with Gasteiger partial charge in [-0.3, -0.25) is 4.79 Å². The largest absolute Gasteiger partial charge is 0.338 e. The minimum Gasteiger partial charge on any atom is -0.338 e. The molecule has 0 bridgehead atoms. The number of H-pyrrole nitrogens is 1. The number of fused-ring (bicyclic) bond motifs is 1. The van der Waals surface area contributed by atoms with E-state index in [1.165, 1.54) is 11.8 Å². The molecule has 1 fully saturated rings. The Balaban J connectivity index is 1.97. The van der Waals surface area contributed by atoms with Gasteiger partial charge in [0.25, 0.3) is 0 Å². The molecule has 1 aromatic carbocycles. The van der Waals surface area contributed by atoms with E-state index in [0.29, 0.717) is 5.75 Å². The predicted molar refractivity (Wildman–Crippen MR) is 64.7 cm³/mol. The Morgan fingerprint density at radius 3 is 3.00 bits per heavy atom. The third-order valence-electron chi connectivity index (χ3n) is 2.30. The molecule has 4 nitrogen and oxygen atoms in total. The number of rotatable bonds is 1. The van der Waals surface area contributed by atoms with Crippen LogP contribution in [-0.2, 0) is 4.79 Å². The standard InChI is InChI=1S/C11H9N3OS/c15-10-6-16-11(14-10)5-9-12-7-3-1-2-4-8(7)13-9/h1-5H,6H2,(H,12,13)(H,14,15)/b11-5+. The third kappa shape index (κ3) is 1.69. The summed E-state index contributed by atoms with van der Waals surface area (Å²) >= 11 is 1.50. The van der Waals surface area contributed by atoms with Gasteiger partial charge < -0.3 is 10.3 Å². The summed E-state index contributed by atoms with van der Waals surface area (Å²) < 4.78 is 0. The molecule has 1 saturated heterocycles. The molecule has 0 atom stereocenters. The normalized spacial score (nSPS) is 18.2. The van der Waals surface area contributed by atoms with E-state index in [9.17, 15) is 4.79 Å². The number of nitrogens with zero attached hydrogens (tertiary/aromatic N) is 1. The van der Waals surface area contributed by atoms with E-state index in [1.807, 2.05) is 30.3 Å². The van der Waals surface area contributed by atoms with Gasteiger partial charge in [0.05, 0.1) is 21.8 Å². The lowest BCUT2D eigenvalue weighted by Gasteiger charge is -1.92. The topological polar surface area (TPSA) is 57.8 Å². The first kappa shape index (κ1) is 9.47. The predicted octanol–water partition coefficient (Wildman–Crippen LogP) is 1.72. The summed E-state index contributed by atoms with van der Waals surface area (Å²) in [5, 5.41) is 3.62. The average Bonchev–Trinajstić information content (AvgIpc) is 2.84. The van der Waals surface area contributed by atoms with Crippen LogP contribution in [0.1, 0.15) is 5.82 Å². The zero-order valence-corrected chi connectivity index (χ0v) is 9.17. The van der Waals surface area contributed by atoms with Crippen LogP contribution < -0.4 is 5.32 Å². The van der Waals surface area contributed by atoms with Crippen molar-refractivity contribution in [2.75, 3.05) is 5.75 Å². The molecule has 0 unspecified atom stereocenters. The van der Waals surface area contributed by atoms with Gasteiger partial charge in [0, 0.05) is 6.08 Å². The number of benzene rings is 1. The minimum absolute atomic E-state index is 0.0485. The summed E-state index contributed by atoms with van der Waals surface area (Å²) in [6, 6.07) is 7.84. The highest BCUT2D eigenvalue weighted by Crippen LogP contribution is 2.21. The van der Waals surface area contributed by atoms with Crippen LogP contribution in [-0.4, -0.2) is 21.6 Å². The second-order valence-electron chi connectivity index (χ2n) is 3.48. The van der Waals surface area contributed by atoms with Gasteiger partial charge in [0.1, 0.15) is 5.82 Å². The number of hydrogen-bond acceptors (Lipinski definition) is 3. The number of carbonyl (C=O) groups excluding carboxylic acids is 1. The van der Waals surface area contributed by atoms with Gasteiger partial charge in [0.15, 0.2) is 0 Å². The van der Waals surface area contributed by atoms with Gasteiger partial charge in [-0.2, -0.15) is 0 Å². The maximum Gasteiger partial charge on any atom is 0.235 e. The van der Waals surface area contributed by atoms with Crippen molar-refractivity contribution in [3.63, 3.8) is 0 Å². The minimum atomic E-state index is 0.0485. The zero-order valence-electron chi connectivity index (χ0n) is 8.36. The Morgan fingerprint density at radius 1 is 1.38 bits per heavy atom. The quantitative estimate of drug-likeness (QED) is 0.785. The maximum atomic E-state index is 11.0. The fourth-order valence-electron chi connectivity index (χ4n) is 1.60. The van der Waals surface area contributed by atoms with Crippen LogP contribution >= 0.6 is 11.8 Å². The summed E-state index contributed by atoms with van der Waals surface area (Å²) in [6.45, 7) is 0. The fourth-order valence-corrected chi connectivity index (χ4v) is 2.34. The molecule has 80 valence electrons. The second kappa shape index (κ2) is 3.68. The maximum absolute atomic E-state index is 11.0. The van der Waals surface area contributed by atoms with E-state index in [0.717, 1.165) is 21.9 Å². The highest BCUT2D eigenvalue weighted by molar-refractivity contribution is 8.04. The molecule has 5 heteroatoms. The number of imidazole rings is 1. The van der Waals surface area contributed by atoms with Crippen molar-refractivity contribution in [2.45, 2.75) is 0 Å². The van der Waals surface area contributed by atoms with E-state index in [1.54, 1.807) is 0 Å². The summed E-state index contributed by atoms with van der Waals surface area (Å²) in [7, 11) is 0. The van der Waals surface area contributed by atoms with Crippen LogP contribution in [0.4, 0.5) is 0 Å². The number of thioether (sulfide) groups is 1. The Bertz CT molecular complexity index is 555. The molecule has 3 rings (SSSR count). The number of hydrogen-bond donors (Lipinski definition) is 2. The van der Waals surface area contributed by atoms with Gasteiger partial charge in [-0.15, -0.1) is 0 Å². The van der Waals surface area contributed by atoms with Crippen LogP contribution in [0.25, 0.3) is 17.1 Å². The monoisotopic (exact) mass is 231 g/mol. The highest BCUT2D eigenvalue weighted by Gasteiger charge is 2.15. The van der Waals surface area contributed by atoms with E-state index < -0.39 is 0 Å². The third-order valence-corrected chi connectivity index (χ3v) is 3.23. The van der Waals surface area contributed by atoms with E-state index >= 15 is 0 Å². The SMILES string of the molecule is O=C1CS/C(=C/c2nc3ccccc3[nH]2)N1. The van der Waals surface area contributed by atoms with Crippen molar-refractivity contribution in [3.8, 4) is 0 Å². The smallest absolute Gasteiger partial charge is 0.235 e. The van der Waals surface area contributed by atoms with Crippen molar-refractivity contribution in [1.82, 2.24) is 15.3 Å². The van der Waals surface area contributed by atoms with Gasteiger partial charge >= 0.3 is 0 Å². The lowest BCUT2D eigenvalue weighted by atomic mass is 10.3. The summed E-state index contributed by atoms with van der Waals surface area (Å²) in [4.78, 5) is 18.6. The number of nitrogens with one attached hydrogen (secondary N) is 2. The van der Waals surface area contributed by atoms with Crippen LogP contribution in [0.5, 0.6) is 0 Å². The Kier molecular flexibility index (Phi) is 2.18. The highest BCUT2D eigenvalue weighted by atomic mass is 32.2. The van der Waals surface area contributed by atoms with Gasteiger partial charge in [0.2, 0.25) is 5.91 Å². The molecule has 1 amide bonds. The summed E-state index contributed by atoms with van der Waals surface area (Å²) in [5.74, 6) is 1.31. The number of amides is 1. The first-order valence-corrected chi connectivity index (χ1v) is 5.89. The van der Waals surface area contributed by atoms with Crippen molar-refractivity contribution in [3.05, 3.63) is 35.1 Å². The number of aromatic amines is 1. The first-order chi connectivity index (χ1) is 7.81. The summed E-state index contributed by atoms with van der Waals surface area (Å²) in [6.07, 6.45) is 1.86. The van der Waals surface area contributed by atoms with Crippen molar-refractivity contribution >= 4 is 34.8 Å². The van der Waals surface area contributed by atoms with Crippen molar-refractivity contribution in [1.29, 1.82) is 0 Å². The Labute approximate surface area is 96.1 Å². The molecule has 1 aromatic heterocycles. The molecule has 0 spiro atoms. The zero-order chi connectivity index (χ0) is 11.0. The van der Waals surface area contributed by atoms with Crippen molar-refractivity contribution in [2.24, 2.45) is 0 Å². The molecule has 2 N–H and O–H groups in total. The second-order valence-corrected chi connectivity index (χ2v) is 4.50. The number of para-hydroxylation sites is 2. The van der Waals surface area contributed by atoms with E-state index in [-0.39, 0.29) is 5.91 Å². The molecular formula is C11H9N3OS. The first-order valence-electron chi connectivity index (χ1n) is 4.90. The van der Waals surface area contributed by atoms with Crippen LogP contribution in [0, 0.1) is 0 Å². The van der Waals surface area contributed by atoms with Gasteiger partial charge in [-0.1, -0.05) is 23.9 Å². The summed E-state index contributed by atoms with van der Waals surface area (Å²) in [5.41, 5.74) is 1.94. The molecule has 2 aromatic rings. The van der Waals surface area contributed by atoms with Crippen molar-refractivity contribution < 1.29 is 4.79 Å². The molecule has 0 radical (unpaired) electrons. The number of carbonyl (C=O) groups is 1. The Morgan fingerprint density at radius 2 is 2.25 bits per heavy atom. The fraction of sp³-hybridized carbons (Fsp3) is 0.0909. The molecule has 1 aliphatic heterocycles. The molecular weight excluding hydrogens is 222 g/mol. The number of aromatic nitrogens is 2. The van der Waals surface area contributed by atoms with Crippen LogP contribution in [0.15, 0.2) is 29.3 Å². The van der Waals surface area contributed by atoms with E-state index in [2.05, 4.69) is 15.3 Å².